The number of aromatic nitrogens is 3. The Morgan fingerprint density at radius 1 is 1.21 bits per heavy atom. The number of benzene rings is 1. The summed E-state index contributed by atoms with van der Waals surface area (Å²) in [5.74, 6) is -0.647. The standard InChI is InChI=1S/C19H15Cl2N5O2/c1-11-10-25(13-4-5-14(20)15(21)7-13)19(28)17-16(9-23-26(11)17)24-18(27)12-3-2-6-22-8-12/h2-9,11H,10H2,1H3,(H,24,27)/t11-/m0/s1. The second kappa shape index (κ2) is 7.26. The molecule has 4 rings (SSSR count). The Morgan fingerprint density at radius 2 is 2.04 bits per heavy atom. The number of nitrogens with one attached hydrogen (secondary N) is 1. The van der Waals surface area contributed by atoms with Crippen molar-refractivity contribution in [3.63, 3.8) is 0 Å². The van der Waals surface area contributed by atoms with Gasteiger partial charge in [0, 0.05) is 24.6 Å². The van der Waals surface area contributed by atoms with Crippen LogP contribution in [0.25, 0.3) is 0 Å². The molecular weight excluding hydrogens is 401 g/mol. The van der Waals surface area contributed by atoms with Crippen LogP contribution in [0.4, 0.5) is 11.4 Å². The quantitative estimate of drug-likeness (QED) is 0.699. The summed E-state index contributed by atoms with van der Waals surface area (Å²) in [6.07, 6.45) is 4.52. The van der Waals surface area contributed by atoms with E-state index in [1.807, 2.05) is 6.92 Å². The lowest BCUT2D eigenvalue weighted by atomic mass is 10.1. The molecule has 9 heteroatoms. The first-order valence-electron chi connectivity index (χ1n) is 8.51. The number of pyridine rings is 1. The molecule has 0 radical (unpaired) electrons. The molecule has 0 aliphatic carbocycles. The lowest BCUT2D eigenvalue weighted by Gasteiger charge is -2.32. The molecule has 1 aromatic carbocycles. The first kappa shape index (κ1) is 18.5. The molecule has 3 heterocycles. The minimum atomic E-state index is -0.365. The van der Waals surface area contributed by atoms with Gasteiger partial charge in [-0.05, 0) is 37.3 Å². The molecule has 0 spiro atoms. The predicted molar refractivity (Wildman–Crippen MR) is 107 cm³/mol. The predicted octanol–water partition coefficient (Wildman–Crippen LogP) is 4.06. The molecule has 1 N–H and O–H groups in total. The van der Waals surface area contributed by atoms with Crippen molar-refractivity contribution in [3.8, 4) is 0 Å². The van der Waals surface area contributed by atoms with Gasteiger partial charge in [-0.25, -0.2) is 0 Å². The van der Waals surface area contributed by atoms with Crippen LogP contribution in [-0.2, 0) is 0 Å². The van der Waals surface area contributed by atoms with Crippen molar-refractivity contribution in [2.75, 3.05) is 16.8 Å². The Bertz CT molecular complexity index is 1070. The van der Waals surface area contributed by atoms with Crippen LogP contribution in [0.1, 0.15) is 33.8 Å². The summed E-state index contributed by atoms with van der Waals surface area (Å²) in [5.41, 5.74) is 1.67. The topological polar surface area (TPSA) is 80.1 Å². The van der Waals surface area contributed by atoms with Crippen LogP contribution in [0.3, 0.4) is 0 Å². The van der Waals surface area contributed by atoms with Crippen molar-refractivity contribution >= 4 is 46.4 Å². The zero-order valence-corrected chi connectivity index (χ0v) is 16.3. The maximum Gasteiger partial charge on any atom is 0.278 e. The molecule has 0 bridgehead atoms. The van der Waals surface area contributed by atoms with Gasteiger partial charge in [0.2, 0.25) is 0 Å². The number of hydrogen-bond donors (Lipinski definition) is 1. The molecule has 28 heavy (non-hydrogen) atoms. The molecule has 0 saturated heterocycles. The molecule has 0 unspecified atom stereocenters. The summed E-state index contributed by atoms with van der Waals surface area (Å²) in [5, 5.41) is 7.82. The highest BCUT2D eigenvalue weighted by molar-refractivity contribution is 6.42. The molecule has 0 fully saturated rings. The lowest BCUT2D eigenvalue weighted by molar-refractivity contribution is 0.0954. The summed E-state index contributed by atoms with van der Waals surface area (Å²) in [7, 11) is 0. The smallest absolute Gasteiger partial charge is 0.278 e. The number of halogens is 2. The van der Waals surface area contributed by atoms with Crippen LogP contribution in [-0.4, -0.2) is 33.1 Å². The van der Waals surface area contributed by atoms with Crippen molar-refractivity contribution in [3.05, 3.63) is 70.2 Å². The van der Waals surface area contributed by atoms with Crippen LogP contribution in [0, 0.1) is 0 Å². The highest BCUT2D eigenvalue weighted by Crippen LogP contribution is 2.33. The fourth-order valence-corrected chi connectivity index (χ4v) is 3.41. The number of amides is 2. The number of hydrogen-bond acceptors (Lipinski definition) is 4. The third-order valence-corrected chi connectivity index (χ3v) is 5.23. The summed E-state index contributed by atoms with van der Waals surface area (Å²) in [6, 6.07) is 8.25. The number of fused-ring (bicyclic) bond motifs is 1. The average Bonchev–Trinajstić information content (AvgIpc) is 3.12. The van der Waals surface area contributed by atoms with Crippen molar-refractivity contribution in [2.24, 2.45) is 0 Å². The lowest BCUT2D eigenvalue weighted by Crippen LogP contribution is -2.43. The third-order valence-electron chi connectivity index (χ3n) is 4.49. The molecule has 1 aliphatic heterocycles. The van der Waals surface area contributed by atoms with Crippen molar-refractivity contribution in [1.29, 1.82) is 0 Å². The minimum absolute atomic E-state index is 0.0915. The molecular formula is C19H15Cl2N5O2. The minimum Gasteiger partial charge on any atom is -0.319 e. The first-order chi connectivity index (χ1) is 13.5. The van der Waals surface area contributed by atoms with E-state index >= 15 is 0 Å². The molecule has 3 aromatic rings. The van der Waals surface area contributed by atoms with Crippen LogP contribution in [0.2, 0.25) is 10.0 Å². The largest absolute Gasteiger partial charge is 0.319 e. The summed E-state index contributed by atoms with van der Waals surface area (Å²) in [6.45, 7) is 2.36. The van der Waals surface area contributed by atoms with E-state index in [0.29, 0.717) is 39.2 Å². The summed E-state index contributed by atoms with van der Waals surface area (Å²) < 4.78 is 1.62. The van der Waals surface area contributed by atoms with E-state index in [2.05, 4.69) is 15.4 Å². The van der Waals surface area contributed by atoms with E-state index in [-0.39, 0.29) is 17.9 Å². The van der Waals surface area contributed by atoms with Crippen molar-refractivity contribution in [2.45, 2.75) is 13.0 Å². The van der Waals surface area contributed by atoms with Gasteiger partial charge in [-0.15, -0.1) is 0 Å². The van der Waals surface area contributed by atoms with Crippen molar-refractivity contribution < 1.29 is 9.59 Å². The monoisotopic (exact) mass is 415 g/mol. The van der Waals surface area contributed by atoms with Crippen LogP contribution in [0.15, 0.2) is 48.9 Å². The van der Waals surface area contributed by atoms with Gasteiger partial charge in [0.25, 0.3) is 11.8 Å². The zero-order valence-electron chi connectivity index (χ0n) is 14.8. The molecule has 2 amide bonds. The molecule has 1 aliphatic rings. The number of nitrogens with zero attached hydrogens (tertiary/aromatic N) is 4. The van der Waals surface area contributed by atoms with Gasteiger partial charge in [0.1, 0.15) is 0 Å². The molecule has 142 valence electrons. The third kappa shape index (κ3) is 3.23. The van der Waals surface area contributed by atoms with Gasteiger partial charge in [-0.2, -0.15) is 5.10 Å². The SMILES string of the molecule is C[C@H]1CN(c2ccc(Cl)c(Cl)c2)C(=O)c2c(NC(=O)c3cccnc3)cnn21. The fraction of sp³-hybridized carbons (Fsp3) is 0.158. The van der Waals surface area contributed by atoms with Gasteiger partial charge >= 0.3 is 0 Å². The number of rotatable bonds is 3. The zero-order chi connectivity index (χ0) is 19.8. The van der Waals surface area contributed by atoms with Gasteiger partial charge in [0.15, 0.2) is 5.69 Å². The highest BCUT2D eigenvalue weighted by atomic mass is 35.5. The molecule has 7 nitrogen and oxygen atoms in total. The molecule has 2 aromatic heterocycles. The Hall–Kier alpha value is -2.90. The number of anilines is 2. The van der Waals surface area contributed by atoms with Crippen LogP contribution >= 0.6 is 23.2 Å². The van der Waals surface area contributed by atoms with E-state index in [9.17, 15) is 9.59 Å². The second-order valence-electron chi connectivity index (χ2n) is 6.41. The summed E-state index contributed by atoms with van der Waals surface area (Å²) >= 11 is 12.1. The fourth-order valence-electron chi connectivity index (χ4n) is 3.12. The molecule has 0 saturated carbocycles. The van der Waals surface area contributed by atoms with E-state index in [1.54, 1.807) is 46.1 Å². The Kier molecular flexibility index (Phi) is 4.78. The van der Waals surface area contributed by atoms with Gasteiger partial charge < -0.3 is 10.2 Å². The van der Waals surface area contributed by atoms with E-state index in [1.165, 1.54) is 12.4 Å². The number of carbonyl (C=O) groups excluding carboxylic acids is 2. The summed E-state index contributed by atoms with van der Waals surface area (Å²) in [4.78, 5) is 31.2. The van der Waals surface area contributed by atoms with Gasteiger partial charge in [-0.1, -0.05) is 23.2 Å². The number of carbonyl (C=O) groups is 2. The Balaban J connectivity index is 1.68. The normalized spacial score (nSPS) is 16.0. The Morgan fingerprint density at radius 3 is 2.75 bits per heavy atom. The average molecular weight is 416 g/mol. The van der Waals surface area contributed by atoms with Gasteiger partial charge in [0.05, 0.1) is 33.5 Å². The van der Waals surface area contributed by atoms with E-state index < -0.39 is 0 Å². The van der Waals surface area contributed by atoms with Gasteiger partial charge in [-0.3, -0.25) is 19.3 Å². The van der Waals surface area contributed by atoms with E-state index in [0.717, 1.165) is 0 Å². The maximum absolute atomic E-state index is 13.2. The second-order valence-corrected chi connectivity index (χ2v) is 7.22. The van der Waals surface area contributed by atoms with E-state index in [4.69, 9.17) is 23.2 Å². The highest BCUT2D eigenvalue weighted by Gasteiger charge is 2.34. The maximum atomic E-state index is 13.2. The van der Waals surface area contributed by atoms with Crippen molar-refractivity contribution in [1.82, 2.24) is 14.8 Å². The van der Waals surface area contributed by atoms with Crippen LogP contribution in [0.5, 0.6) is 0 Å². The molecule has 1 atom stereocenters. The Labute approximate surface area is 170 Å². The first-order valence-corrected chi connectivity index (χ1v) is 9.27. The van der Waals surface area contributed by atoms with Crippen LogP contribution < -0.4 is 10.2 Å².